The molecule has 2 rings (SSSR count). The molecule has 0 spiro atoms. The number of rotatable bonds is 4. The predicted octanol–water partition coefficient (Wildman–Crippen LogP) is 3.42. The van der Waals surface area contributed by atoms with E-state index in [1.165, 1.54) is 11.1 Å². The lowest BCUT2D eigenvalue weighted by molar-refractivity contribution is -0.154. The third-order valence-electron chi connectivity index (χ3n) is 4.71. The van der Waals surface area contributed by atoms with Gasteiger partial charge in [-0.25, -0.2) is 0 Å². The van der Waals surface area contributed by atoms with Crippen LogP contribution < -0.4 is 4.74 Å². The van der Waals surface area contributed by atoms with Crippen molar-refractivity contribution < 1.29 is 14.6 Å². The van der Waals surface area contributed by atoms with Crippen LogP contribution in [0.25, 0.3) is 0 Å². The van der Waals surface area contributed by atoms with Crippen molar-refractivity contribution in [2.45, 2.75) is 46.5 Å². The molecule has 3 nitrogen and oxygen atoms in total. The van der Waals surface area contributed by atoms with Crippen LogP contribution in [-0.4, -0.2) is 18.2 Å². The summed E-state index contributed by atoms with van der Waals surface area (Å²) in [5.41, 5.74) is 4.07. The highest BCUT2D eigenvalue weighted by Gasteiger charge is 2.44. The fraction of sp³-hybridized carbons (Fsp3) is 0.562. The number of methoxy groups -OCH3 is 1. The molecule has 0 heterocycles. The van der Waals surface area contributed by atoms with E-state index in [-0.39, 0.29) is 0 Å². The minimum absolute atomic E-state index is 0.531. The second-order valence-corrected chi connectivity index (χ2v) is 5.74. The summed E-state index contributed by atoms with van der Waals surface area (Å²) in [7, 11) is 1.67. The van der Waals surface area contributed by atoms with E-state index in [9.17, 15) is 9.90 Å². The van der Waals surface area contributed by atoms with Gasteiger partial charge in [0.2, 0.25) is 0 Å². The topological polar surface area (TPSA) is 46.5 Å². The van der Waals surface area contributed by atoms with Crippen molar-refractivity contribution in [2.24, 2.45) is 5.41 Å². The molecule has 0 unspecified atom stereocenters. The number of aliphatic carboxylic acids is 1. The summed E-state index contributed by atoms with van der Waals surface area (Å²) in [5, 5.41) is 9.47. The first kappa shape index (κ1) is 13.9. The standard InChI is InChI=1S/C16H22O3/c1-10-8-14(19-4)12(3)11(2)13(10)9-16(15(17)18)6-5-7-16/h8H,5-7,9H2,1-4H3,(H,17,18). The zero-order valence-electron chi connectivity index (χ0n) is 12.2. The van der Waals surface area contributed by atoms with Crippen LogP contribution in [0.1, 0.15) is 41.5 Å². The zero-order chi connectivity index (χ0) is 14.2. The van der Waals surface area contributed by atoms with E-state index in [0.29, 0.717) is 6.42 Å². The van der Waals surface area contributed by atoms with Gasteiger partial charge in [0.15, 0.2) is 0 Å². The van der Waals surface area contributed by atoms with Gasteiger partial charge in [-0.05, 0) is 68.4 Å². The van der Waals surface area contributed by atoms with Crippen molar-refractivity contribution in [1.82, 2.24) is 0 Å². The number of ether oxygens (including phenoxy) is 1. The zero-order valence-corrected chi connectivity index (χ0v) is 12.2. The second kappa shape index (κ2) is 4.87. The molecule has 1 N–H and O–H groups in total. The summed E-state index contributed by atoms with van der Waals surface area (Å²) in [4.78, 5) is 11.5. The second-order valence-electron chi connectivity index (χ2n) is 5.74. The predicted molar refractivity (Wildman–Crippen MR) is 74.8 cm³/mol. The molecular formula is C16H22O3. The maximum Gasteiger partial charge on any atom is 0.309 e. The minimum Gasteiger partial charge on any atom is -0.496 e. The molecule has 0 aliphatic heterocycles. The maximum absolute atomic E-state index is 11.5. The number of aryl methyl sites for hydroxylation is 1. The SMILES string of the molecule is COc1cc(C)c(CC2(C(=O)O)CCC2)c(C)c1C. The van der Waals surface area contributed by atoms with Crippen molar-refractivity contribution in [3.8, 4) is 5.75 Å². The van der Waals surface area contributed by atoms with Crippen LogP contribution in [0.15, 0.2) is 6.07 Å². The van der Waals surface area contributed by atoms with Crippen molar-refractivity contribution in [3.63, 3.8) is 0 Å². The maximum atomic E-state index is 11.5. The van der Waals surface area contributed by atoms with E-state index >= 15 is 0 Å². The molecule has 0 aromatic heterocycles. The summed E-state index contributed by atoms with van der Waals surface area (Å²) in [6.07, 6.45) is 3.27. The van der Waals surface area contributed by atoms with Crippen LogP contribution in [0.2, 0.25) is 0 Å². The lowest BCUT2D eigenvalue weighted by atomic mass is 9.64. The Hall–Kier alpha value is -1.51. The van der Waals surface area contributed by atoms with E-state index in [4.69, 9.17) is 4.74 Å². The monoisotopic (exact) mass is 262 g/mol. The fourth-order valence-corrected chi connectivity index (χ4v) is 2.99. The fourth-order valence-electron chi connectivity index (χ4n) is 2.99. The summed E-state index contributed by atoms with van der Waals surface area (Å²) >= 11 is 0. The van der Waals surface area contributed by atoms with Gasteiger partial charge in [0.25, 0.3) is 0 Å². The van der Waals surface area contributed by atoms with Crippen LogP contribution in [0.5, 0.6) is 5.75 Å². The van der Waals surface area contributed by atoms with Gasteiger partial charge in [0, 0.05) is 0 Å². The molecule has 104 valence electrons. The molecule has 3 heteroatoms. The highest BCUT2D eigenvalue weighted by Crippen LogP contribution is 2.45. The number of carbonyl (C=O) groups is 1. The van der Waals surface area contributed by atoms with Crippen LogP contribution >= 0.6 is 0 Å². The molecule has 1 aliphatic rings. The van der Waals surface area contributed by atoms with Gasteiger partial charge in [-0.15, -0.1) is 0 Å². The van der Waals surface area contributed by atoms with E-state index in [0.717, 1.165) is 36.1 Å². The highest BCUT2D eigenvalue weighted by atomic mass is 16.5. The van der Waals surface area contributed by atoms with E-state index in [2.05, 4.69) is 6.92 Å². The van der Waals surface area contributed by atoms with Crippen molar-refractivity contribution in [1.29, 1.82) is 0 Å². The van der Waals surface area contributed by atoms with Crippen molar-refractivity contribution >= 4 is 5.97 Å². The molecule has 1 saturated carbocycles. The van der Waals surface area contributed by atoms with Gasteiger partial charge in [0.1, 0.15) is 5.75 Å². The Labute approximate surface area is 114 Å². The van der Waals surface area contributed by atoms with Crippen LogP contribution in [0, 0.1) is 26.2 Å². The molecule has 0 amide bonds. The van der Waals surface area contributed by atoms with Crippen molar-refractivity contribution in [2.75, 3.05) is 7.11 Å². The van der Waals surface area contributed by atoms with E-state index in [1.807, 2.05) is 19.9 Å². The third kappa shape index (κ3) is 2.22. The lowest BCUT2D eigenvalue weighted by Gasteiger charge is -2.38. The lowest BCUT2D eigenvalue weighted by Crippen LogP contribution is -2.40. The van der Waals surface area contributed by atoms with Gasteiger partial charge >= 0.3 is 5.97 Å². The van der Waals surface area contributed by atoms with Crippen molar-refractivity contribution in [3.05, 3.63) is 28.3 Å². The van der Waals surface area contributed by atoms with Gasteiger partial charge in [-0.3, -0.25) is 4.79 Å². The van der Waals surface area contributed by atoms with Gasteiger partial charge < -0.3 is 9.84 Å². The molecule has 1 aromatic rings. The Bertz CT molecular complexity index is 513. The Morgan fingerprint density at radius 2 is 1.95 bits per heavy atom. The summed E-state index contributed by atoms with van der Waals surface area (Å²) in [6.45, 7) is 6.14. The molecule has 0 atom stereocenters. The number of carboxylic acids is 1. The number of hydrogen-bond acceptors (Lipinski definition) is 2. The van der Waals surface area contributed by atoms with Crippen LogP contribution in [0.3, 0.4) is 0 Å². The average Bonchev–Trinajstić information content (AvgIpc) is 2.31. The first-order valence-electron chi connectivity index (χ1n) is 6.78. The highest BCUT2D eigenvalue weighted by molar-refractivity contribution is 5.76. The Morgan fingerprint density at radius 3 is 2.37 bits per heavy atom. The first-order chi connectivity index (χ1) is 8.91. The number of benzene rings is 1. The van der Waals surface area contributed by atoms with Gasteiger partial charge in [-0.2, -0.15) is 0 Å². The molecule has 19 heavy (non-hydrogen) atoms. The van der Waals surface area contributed by atoms with E-state index in [1.54, 1.807) is 7.11 Å². The summed E-state index contributed by atoms with van der Waals surface area (Å²) in [6, 6.07) is 2.02. The molecular weight excluding hydrogens is 240 g/mol. The van der Waals surface area contributed by atoms with Gasteiger partial charge in [0.05, 0.1) is 12.5 Å². The normalized spacial score (nSPS) is 16.8. The number of carboxylic acid groups (broad SMARTS) is 1. The summed E-state index contributed by atoms with van der Waals surface area (Å²) < 4.78 is 5.36. The smallest absolute Gasteiger partial charge is 0.309 e. The largest absolute Gasteiger partial charge is 0.496 e. The molecule has 0 radical (unpaired) electrons. The first-order valence-corrected chi connectivity index (χ1v) is 6.78. The Morgan fingerprint density at radius 1 is 1.32 bits per heavy atom. The molecule has 1 fully saturated rings. The Kier molecular flexibility index (Phi) is 3.57. The molecule has 0 bridgehead atoms. The van der Waals surface area contributed by atoms with E-state index < -0.39 is 11.4 Å². The molecule has 1 aromatic carbocycles. The minimum atomic E-state index is -0.647. The van der Waals surface area contributed by atoms with Crippen LogP contribution in [-0.2, 0) is 11.2 Å². The van der Waals surface area contributed by atoms with Crippen LogP contribution in [0.4, 0.5) is 0 Å². The quantitative estimate of drug-likeness (QED) is 0.904. The molecule has 1 aliphatic carbocycles. The Balaban J connectivity index is 2.41. The average molecular weight is 262 g/mol. The molecule has 0 saturated heterocycles. The van der Waals surface area contributed by atoms with Gasteiger partial charge in [-0.1, -0.05) is 6.42 Å². The summed E-state index contributed by atoms with van der Waals surface area (Å²) in [5.74, 6) is 0.239. The number of hydrogen-bond donors (Lipinski definition) is 1. The third-order valence-corrected chi connectivity index (χ3v) is 4.71.